The van der Waals surface area contributed by atoms with Gasteiger partial charge in [0.15, 0.2) is 5.78 Å². The van der Waals surface area contributed by atoms with Crippen LogP contribution in [0.4, 0.5) is 26.3 Å². The van der Waals surface area contributed by atoms with E-state index in [0.717, 1.165) is 32.1 Å². The lowest BCUT2D eigenvalue weighted by Gasteiger charge is -2.21. The van der Waals surface area contributed by atoms with Crippen molar-refractivity contribution in [2.45, 2.75) is 63.7 Å². The second kappa shape index (κ2) is 12.0. The number of unbranched alkanes of at least 4 members (excludes halogenated alkanes) is 5. The Balaban J connectivity index is 2.40. The fourth-order valence-corrected chi connectivity index (χ4v) is 3.61. The molecule has 0 radical (unpaired) electrons. The van der Waals surface area contributed by atoms with Gasteiger partial charge in [-0.25, -0.2) is 0 Å². The van der Waals surface area contributed by atoms with Crippen LogP contribution in [0.25, 0.3) is 0 Å². The SMILES string of the molecule is CCCCCCCCOC(=O)C(C(=O)c1c(C(F)(F)F)cccc1C(F)(F)F)c1ccccc1. The predicted molar refractivity (Wildman–Crippen MR) is 114 cm³/mol. The molecule has 2 aromatic carbocycles. The lowest BCUT2D eigenvalue weighted by atomic mass is 9.85. The molecule has 0 bridgehead atoms. The fraction of sp³-hybridized carbons (Fsp3) is 0.440. The maximum Gasteiger partial charge on any atom is 0.417 e. The van der Waals surface area contributed by atoms with E-state index >= 15 is 0 Å². The molecule has 0 N–H and O–H groups in total. The highest BCUT2D eigenvalue weighted by atomic mass is 19.4. The number of esters is 1. The average Bonchev–Trinajstić information content (AvgIpc) is 2.77. The molecule has 34 heavy (non-hydrogen) atoms. The molecule has 186 valence electrons. The Labute approximate surface area is 194 Å². The molecule has 0 amide bonds. The van der Waals surface area contributed by atoms with Gasteiger partial charge in [0.25, 0.3) is 0 Å². The number of carbonyl (C=O) groups excluding carboxylic acids is 2. The third-order valence-corrected chi connectivity index (χ3v) is 5.29. The number of carbonyl (C=O) groups is 2. The minimum Gasteiger partial charge on any atom is -0.465 e. The molecule has 0 saturated heterocycles. The number of hydrogen-bond acceptors (Lipinski definition) is 3. The van der Waals surface area contributed by atoms with Gasteiger partial charge in [0, 0.05) is 5.56 Å². The molecule has 3 nitrogen and oxygen atoms in total. The number of benzene rings is 2. The van der Waals surface area contributed by atoms with Gasteiger partial charge in [-0.3, -0.25) is 9.59 Å². The number of rotatable bonds is 11. The first kappa shape index (κ1) is 27.4. The highest BCUT2D eigenvalue weighted by Crippen LogP contribution is 2.41. The van der Waals surface area contributed by atoms with E-state index in [-0.39, 0.29) is 12.2 Å². The van der Waals surface area contributed by atoms with E-state index in [1.54, 1.807) is 0 Å². The number of Topliss-reactive ketones (excluding diaryl/α,β-unsaturated/α-hetero) is 1. The molecule has 0 spiro atoms. The van der Waals surface area contributed by atoms with Crippen LogP contribution < -0.4 is 0 Å². The summed E-state index contributed by atoms with van der Waals surface area (Å²) in [7, 11) is 0. The molecule has 2 aromatic rings. The summed E-state index contributed by atoms with van der Waals surface area (Å²) in [6, 6.07) is 8.34. The maximum absolute atomic E-state index is 13.6. The molecule has 1 unspecified atom stereocenters. The predicted octanol–water partition coefficient (Wildman–Crippen LogP) is 7.59. The van der Waals surface area contributed by atoms with Crippen LogP contribution in [0.15, 0.2) is 48.5 Å². The summed E-state index contributed by atoms with van der Waals surface area (Å²) in [5.41, 5.74) is -5.15. The summed E-state index contributed by atoms with van der Waals surface area (Å²) in [4.78, 5) is 26.0. The molecule has 0 aliphatic heterocycles. The first-order valence-corrected chi connectivity index (χ1v) is 11.0. The van der Waals surface area contributed by atoms with Crippen molar-refractivity contribution in [2.24, 2.45) is 0 Å². The van der Waals surface area contributed by atoms with Crippen molar-refractivity contribution < 1.29 is 40.7 Å². The van der Waals surface area contributed by atoms with Gasteiger partial charge in [-0.1, -0.05) is 75.4 Å². The van der Waals surface area contributed by atoms with Gasteiger partial charge < -0.3 is 4.74 Å². The summed E-state index contributed by atoms with van der Waals surface area (Å²) >= 11 is 0. The lowest BCUT2D eigenvalue weighted by molar-refractivity contribution is -0.146. The Kier molecular flexibility index (Phi) is 9.70. The van der Waals surface area contributed by atoms with Crippen LogP contribution in [0, 0.1) is 0 Å². The van der Waals surface area contributed by atoms with Crippen molar-refractivity contribution >= 4 is 11.8 Å². The Morgan fingerprint density at radius 2 is 1.29 bits per heavy atom. The lowest BCUT2D eigenvalue weighted by Crippen LogP contribution is -2.29. The van der Waals surface area contributed by atoms with Crippen molar-refractivity contribution in [2.75, 3.05) is 6.61 Å². The van der Waals surface area contributed by atoms with Crippen molar-refractivity contribution in [1.82, 2.24) is 0 Å². The Morgan fingerprint density at radius 3 is 1.82 bits per heavy atom. The zero-order chi connectivity index (χ0) is 25.4. The van der Waals surface area contributed by atoms with Gasteiger partial charge in [0.1, 0.15) is 5.92 Å². The van der Waals surface area contributed by atoms with Crippen LogP contribution in [0.5, 0.6) is 0 Å². The summed E-state index contributed by atoms with van der Waals surface area (Å²) in [5.74, 6) is -4.76. The molecule has 0 saturated carbocycles. The first-order valence-electron chi connectivity index (χ1n) is 11.0. The third kappa shape index (κ3) is 7.33. The number of hydrogen-bond donors (Lipinski definition) is 0. The molecule has 0 fully saturated rings. The van der Waals surface area contributed by atoms with Crippen molar-refractivity contribution in [3.63, 3.8) is 0 Å². The van der Waals surface area contributed by atoms with Crippen LogP contribution in [0.1, 0.15) is 78.4 Å². The second-order valence-corrected chi connectivity index (χ2v) is 7.87. The highest BCUT2D eigenvalue weighted by molar-refractivity contribution is 6.14. The van der Waals surface area contributed by atoms with Gasteiger partial charge in [-0.05, 0) is 24.1 Å². The highest BCUT2D eigenvalue weighted by Gasteiger charge is 2.45. The summed E-state index contributed by atoms with van der Waals surface area (Å²) in [5, 5.41) is 0. The molecule has 9 heteroatoms. The van der Waals surface area contributed by atoms with E-state index in [0.29, 0.717) is 24.6 Å². The van der Waals surface area contributed by atoms with Crippen molar-refractivity contribution in [1.29, 1.82) is 0 Å². The van der Waals surface area contributed by atoms with E-state index in [1.807, 2.05) is 0 Å². The van der Waals surface area contributed by atoms with Crippen molar-refractivity contribution in [3.05, 3.63) is 70.8 Å². The van der Waals surface area contributed by atoms with Gasteiger partial charge in [-0.2, -0.15) is 26.3 Å². The fourth-order valence-electron chi connectivity index (χ4n) is 3.61. The van der Waals surface area contributed by atoms with E-state index in [1.165, 1.54) is 30.3 Å². The van der Waals surface area contributed by atoms with Gasteiger partial charge in [0.2, 0.25) is 0 Å². The minimum atomic E-state index is -5.24. The molecule has 0 aliphatic rings. The summed E-state index contributed by atoms with van der Waals surface area (Å²) < 4.78 is 86.6. The van der Waals surface area contributed by atoms with Gasteiger partial charge in [-0.15, -0.1) is 0 Å². The Bertz CT molecular complexity index is 919. The van der Waals surface area contributed by atoms with Crippen LogP contribution in [0.2, 0.25) is 0 Å². The molecular formula is C25H26F6O3. The molecule has 2 rings (SSSR count). The molecule has 0 aromatic heterocycles. The molecule has 0 aliphatic carbocycles. The smallest absolute Gasteiger partial charge is 0.417 e. The summed E-state index contributed by atoms with van der Waals surface area (Å²) in [6.07, 6.45) is -5.25. The van der Waals surface area contributed by atoms with Crippen LogP contribution in [-0.2, 0) is 21.9 Å². The standard InChI is InChI=1S/C25H26F6O3/c1-2-3-4-5-6-10-16-34-23(33)20(17-12-8-7-9-13-17)22(32)21-18(24(26,27)28)14-11-15-19(21)25(29,30)31/h7-9,11-15,20H,2-6,10,16H2,1H3. The van der Waals surface area contributed by atoms with Crippen LogP contribution in [-0.4, -0.2) is 18.4 Å². The second-order valence-electron chi connectivity index (χ2n) is 7.87. The number of alkyl halides is 6. The van der Waals surface area contributed by atoms with Crippen LogP contribution >= 0.6 is 0 Å². The summed E-state index contributed by atoms with van der Waals surface area (Å²) in [6.45, 7) is 1.97. The maximum atomic E-state index is 13.6. The van der Waals surface area contributed by atoms with Crippen molar-refractivity contribution in [3.8, 4) is 0 Å². The van der Waals surface area contributed by atoms with Gasteiger partial charge >= 0.3 is 18.3 Å². The quantitative estimate of drug-likeness (QED) is 0.108. The minimum absolute atomic E-state index is 0.0504. The van der Waals surface area contributed by atoms with E-state index < -0.39 is 46.7 Å². The van der Waals surface area contributed by atoms with E-state index in [2.05, 4.69) is 6.92 Å². The van der Waals surface area contributed by atoms with E-state index in [9.17, 15) is 35.9 Å². The van der Waals surface area contributed by atoms with Crippen LogP contribution in [0.3, 0.4) is 0 Å². The average molecular weight is 488 g/mol. The zero-order valence-corrected chi connectivity index (χ0v) is 18.6. The zero-order valence-electron chi connectivity index (χ0n) is 18.6. The number of ether oxygens (including phenoxy) is 1. The monoisotopic (exact) mass is 488 g/mol. The Hall–Kier alpha value is -2.84. The molecule has 1 atom stereocenters. The topological polar surface area (TPSA) is 43.4 Å². The Morgan fingerprint density at radius 1 is 0.765 bits per heavy atom. The number of halogens is 6. The number of ketones is 1. The molecule has 0 heterocycles. The normalized spacial score (nSPS) is 12.9. The molecular weight excluding hydrogens is 462 g/mol. The largest absolute Gasteiger partial charge is 0.465 e. The van der Waals surface area contributed by atoms with Gasteiger partial charge in [0.05, 0.1) is 17.7 Å². The first-order chi connectivity index (χ1) is 16.0. The van der Waals surface area contributed by atoms with E-state index in [4.69, 9.17) is 4.74 Å². The third-order valence-electron chi connectivity index (χ3n) is 5.29.